The molecule has 0 aromatic heterocycles. The summed E-state index contributed by atoms with van der Waals surface area (Å²) in [7, 11) is -3.76. The van der Waals surface area contributed by atoms with Gasteiger partial charge in [0, 0.05) is 17.3 Å². The van der Waals surface area contributed by atoms with Gasteiger partial charge in [-0.2, -0.15) is 0 Å². The standard InChI is InChI=1S/C21H18N2O5S/c1-14-7-8-15(11-18(14)23-29(25,26)17-5-3-2-4-6-17)21(24)22-16-9-10-19-20(12-16)28-13-27-19/h2-12,23H,13H2,1H3,(H,22,24). The van der Waals surface area contributed by atoms with Crippen LogP contribution in [0.1, 0.15) is 15.9 Å². The molecule has 1 aliphatic rings. The van der Waals surface area contributed by atoms with Crippen LogP contribution in [0.5, 0.6) is 11.5 Å². The first-order chi connectivity index (χ1) is 13.9. The summed E-state index contributed by atoms with van der Waals surface area (Å²) < 4.78 is 38.3. The van der Waals surface area contributed by atoms with E-state index in [-0.39, 0.29) is 17.6 Å². The SMILES string of the molecule is Cc1ccc(C(=O)Nc2ccc3c(c2)OCO3)cc1NS(=O)(=O)c1ccccc1. The van der Waals surface area contributed by atoms with E-state index in [2.05, 4.69) is 10.0 Å². The molecule has 3 aromatic rings. The first-order valence-corrected chi connectivity index (χ1v) is 10.3. The fourth-order valence-corrected chi connectivity index (χ4v) is 4.00. The fourth-order valence-electron chi connectivity index (χ4n) is 2.85. The second-order valence-electron chi connectivity index (χ2n) is 6.47. The van der Waals surface area contributed by atoms with Crippen LogP contribution in [0.25, 0.3) is 0 Å². The van der Waals surface area contributed by atoms with E-state index in [4.69, 9.17) is 9.47 Å². The number of benzene rings is 3. The Balaban J connectivity index is 1.55. The lowest BCUT2D eigenvalue weighted by Crippen LogP contribution is -2.16. The number of rotatable bonds is 5. The van der Waals surface area contributed by atoms with Crippen LogP contribution in [0.2, 0.25) is 0 Å². The zero-order valence-electron chi connectivity index (χ0n) is 15.5. The average Bonchev–Trinajstić information content (AvgIpc) is 3.18. The van der Waals surface area contributed by atoms with Gasteiger partial charge in [-0.1, -0.05) is 24.3 Å². The van der Waals surface area contributed by atoms with Crippen molar-refractivity contribution in [2.75, 3.05) is 16.8 Å². The van der Waals surface area contributed by atoms with Gasteiger partial charge in [-0.15, -0.1) is 0 Å². The summed E-state index contributed by atoms with van der Waals surface area (Å²) in [4.78, 5) is 12.8. The summed E-state index contributed by atoms with van der Waals surface area (Å²) in [5.74, 6) is 0.808. The zero-order valence-corrected chi connectivity index (χ0v) is 16.3. The van der Waals surface area contributed by atoms with Gasteiger partial charge in [-0.25, -0.2) is 8.42 Å². The van der Waals surface area contributed by atoms with E-state index >= 15 is 0 Å². The highest BCUT2D eigenvalue weighted by Gasteiger charge is 2.18. The predicted molar refractivity (Wildman–Crippen MR) is 109 cm³/mol. The summed E-state index contributed by atoms with van der Waals surface area (Å²) in [6, 6.07) is 18.0. The van der Waals surface area contributed by atoms with Crippen molar-refractivity contribution in [1.82, 2.24) is 0 Å². The number of aryl methyl sites for hydroxylation is 1. The molecule has 2 N–H and O–H groups in total. The highest BCUT2D eigenvalue weighted by molar-refractivity contribution is 7.92. The van der Waals surface area contributed by atoms with Crippen molar-refractivity contribution in [3.8, 4) is 11.5 Å². The van der Waals surface area contributed by atoms with Gasteiger partial charge in [-0.05, 0) is 48.9 Å². The monoisotopic (exact) mass is 410 g/mol. The maximum Gasteiger partial charge on any atom is 0.261 e. The van der Waals surface area contributed by atoms with Crippen molar-refractivity contribution < 1.29 is 22.7 Å². The first kappa shape index (κ1) is 18.8. The summed E-state index contributed by atoms with van der Waals surface area (Å²) in [5.41, 5.74) is 1.90. The van der Waals surface area contributed by atoms with Gasteiger partial charge in [0.25, 0.3) is 15.9 Å². The van der Waals surface area contributed by atoms with Gasteiger partial charge in [0.2, 0.25) is 6.79 Å². The summed E-state index contributed by atoms with van der Waals surface area (Å²) in [6.07, 6.45) is 0. The molecule has 0 atom stereocenters. The third-order valence-corrected chi connectivity index (χ3v) is 5.81. The number of amides is 1. The summed E-state index contributed by atoms with van der Waals surface area (Å²) in [5, 5.41) is 2.78. The minimum Gasteiger partial charge on any atom is -0.454 e. The Morgan fingerprint density at radius 1 is 0.931 bits per heavy atom. The number of sulfonamides is 1. The molecule has 0 saturated heterocycles. The third kappa shape index (κ3) is 4.02. The number of hydrogen-bond donors (Lipinski definition) is 2. The zero-order chi connectivity index (χ0) is 20.4. The molecular weight excluding hydrogens is 392 g/mol. The van der Waals surface area contributed by atoms with E-state index in [0.29, 0.717) is 34.0 Å². The van der Waals surface area contributed by atoms with Crippen molar-refractivity contribution in [2.45, 2.75) is 11.8 Å². The smallest absolute Gasteiger partial charge is 0.261 e. The Kier molecular flexibility index (Phi) is 4.85. The molecule has 0 aliphatic carbocycles. The van der Waals surface area contributed by atoms with Gasteiger partial charge < -0.3 is 14.8 Å². The lowest BCUT2D eigenvalue weighted by atomic mass is 10.1. The quantitative estimate of drug-likeness (QED) is 0.668. The second-order valence-corrected chi connectivity index (χ2v) is 8.15. The van der Waals surface area contributed by atoms with E-state index in [0.717, 1.165) is 0 Å². The number of hydrogen-bond acceptors (Lipinski definition) is 5. The van der Waals surface area contributed by atoms with Gasteiger partial charge in [0.15, 0.2) is 11.5 Å². The van der Waals surface area contributed by atoms with Crippen molar-refractivity contribution in [2.24, 2.45) is 0 Å². The Labute approximate surface area is 168 Å². The van der Waals surface area contributed by atoms with Crippen molar-refractivity contribution >= 4 is 27.3 Å². The largest absolute Gasteiger partial charge is 0.454 e. The van der Waals surface area contributed by atoms with Crippen LogP contribution in [-0.2, 0) is 10.0 Å². The average molecular weight is 410 g/mol. The molecule has 0 spiro atoms. The highest BCUT2D eigenvalue weighted by Crippen LogP contribution is 2.34. The molecule has 7 nitrogen and oxygen atoms in total. The van der Waals surface area contributed by atoms with E-state index in [1.54, 1.807) is 55.5 Å². The molecule has 0 bridgehead atoms. The number of carbonyl (C=O) groups is 1. The second kappa shape index (κ2) is 7.48. The fraction of sp³-hybridized carbons (Fsp3) is 0.0952. The Morgan fingerprint density at radius 2 is 1.69 bits per heavy atom. The maximum atomic E-state index is 12.7. The number of ether oxygens (including phenoxy) is 2. The van der Waals surface area contributed by atoms with Crippen LogP contribution in [0.3, 0.4) is 0 Å². The molecule has 1 aliphatic heterocycles. The van der Waals surface area contributed by atoms with Crippen molar-refractivity contribution in [1.29, 1.82) is 0 Å². The van der Waals surface area contributed by atoms with Gasteiger partial charge in [-0.3, -0.25) is 9.52 Å². The maximum absolute atomic E-state index is 12.7. The first-order valence-electron chi connectivity index (χ1n) is 8.82. The Hall–Kier alpha value is -3.52. The highest BCUT2D eigenvalue weighted by atomic mass is 32.2. The van der Waals surface area contributed by atoms with Crippen LogP contribution in [-0.4, -0.2) is 21.1 Å². The van der Waals surface area contributed by atoms with E-state index in [9.17, 15) is 13.2 Å². The molecule has 0 radical (unpaired) electrons. The molecule has 1 amide bonds. The molecule has 29 heavy (non-hydrogen) atoms. The van der Waals surface area contributed by atoms with Gasteiger partial charge in [0.05, 0.1) is 10.6 Å². The molecule has 0 fully saturated rings. The number of nitrogens with one attached hydrogen (secondary N) is 2. The molecule has 1 heterocycles. The number of carbonyl (C=O) groups excluding carboxylic acids is 1. The topological polar surface area (TPSA) is 93.7 Å². The van der Waals surface area contributed by atoms with E-state index < -0.39 is 10.0 Å². The van der Waals surface area contributed by atoms with Gasteiger partial charge in [0.1, 0.15) is 0 Å². The van der Waals surface area contributed by atoms with Crippen LogP contribution < -0.4 is 19.5 Å². The van der Waals surface area contributed by atoms with Crippen molar-refractivity contribution in [3.05, 3.63) is 77.9 Å². The minimum atomic E-state index is -3.76. The predicted octanol–water partition coefficient (Wildman–Crippen LogP) is 3.78. The van der Waals surface area contributed by atoms with Crippen LogP contribution in [0.15, 0.2) is 71.6 Å². The molecule has 0 saturated carbocycles. The Morgan fingerprint density at radius 3 is 2.48 bits per heavy atom. The van der Waals surface area contributed by atoms with E-state index in [1.165, 1.54) is 18.2 Å². The van der Waals surface area contributed by atoms with Gasteiger partial charge >= 0.3 is 0 Å². The molecule has 4 rings (SSSR count). The van der Waals surface area contributed by atoms with Crippen LogP contribution >= 0.6 is 0 Å². The molecule has 3 aromatic carbocycles. The third-order valence-electron chi connectivity index (χ3n) is 4.43. The molecular formula is C21H18N2O5S. The molecule has 148 valence electrons. The Bertz CT molecular complexity index is 1180. The lowest BCUT2D eigenvalue weighted by Gasteiger charge is -2.13. The summed E-state index contributed by atoms with van der Waals surface area (Å²) in [6.45, 7) is 1.91. The minimum absolute atomic E-state index is 0.148. The molecule has 8 heteroatoms. The van der Waals surface area contributed by atoms with Crippen LogP contribution in [0, 0.1) is 6.92 Å². The number of fused-ring (bicyclic) bond motifs is 1. The normalized spacial score (nSPS) is 12.4. The lowest BCUT2D eigenvalue weighted by molar-refractivity contribution is 0.102. The summed E-state index contributed by atoms with van der Waals surface area (Å²) >= 11 is 0. The van der Waals surface area contributed by atoms with Crippen molar-refractivity contribution in [3.63, 3.8) is 0 Å². The van der Waals surface area contributed by atoms with E-state index in [1.807, 2.05) is 0 Å². The van der Waals surface area contributed by atoms with Crippen LogP contribution in [0.4, 0.5) is 11.4 Å². The molecule has 0 unspecified atom stereocenters. The number of anilines is 2.